The fourth-order valence-electron chi connectivity index (χ4n) is 2.32. The molecule has 4 heteroatoms. The first-order chi connectivity index (χ1) is 11.1. The Kier molecular flexibility index (Phi) is 5.92. The van der Waals surface area contributed by atoms with Crippen LogP contribution in [0.3, 0.4) is 0 Å². The molecule has 0 fully saturated rings. The second-order valence-corrected chi connectivity index (χ2v) is 5.39. The Morgan fingerprint density at radius 3 is 2.61 bits per heavy atom. The third-order valence-electron chi connectivity index (χ3n) is 3.47. The maximum Gasteiger partial charge on any atom is 0.310 e. The van der Waals surface area contributed by atoms with Crippen LogP contribution in [0.4, 0.5) is 5.69 Å². The molecule has 0 spiro atoms. The Morgan fingerprint density at radius 2 is 1.87 bits per heavy atom. The van der Waals surface area contributed by atoms with Crippen molar-refractivity contribution < 1.29 is 14.3 Å². The average molecular weight is 311 g/mol. The van der Waals surface area contributed by atoms with Crippen LogP contribution in [0, 0.1) is 6.92 Å². The predicted octanol–water partition coefficient (Wildman–Crippen LogP) is 3.28. The first-order valence-electron chi connectivity index (χ1n) is 7.67. The van der Waals surface area contributed by atoms with E-state index in [0.717, 1.165) is 28.8 Å². The molecule has 0 saturated heterocycles. The summed E-state index contributed by atoms with van der Waals surface area (Å²) in [5.74, 6) is -0.738. The maximum absolute atomic E-state index is 11.9. The lowest BCUT2D eigenvalue weighted by Crippen LogP contribution is -2.22. The second kappa shape index (κ2) is 8.13. The Morgan fingerprint density at radius 1 is 1.09 bits per heavy atom. The molecule has 2 aromatic carbocycles. The normalized spacial score (nSPS) is 10.2. The summed E-state index contributed by atoms with van der Waals surface area (Å²) < 4.78 is 5.04. The number of hydrogen-bond donors (Lipinski definition) is 1. The Bertz CT molecular complexity index is 695. The average Bonchev–Trinajstić information content (AvgIpc) is 2.53. The molecule has 23 heavy (non-hydrogen) atoms. The first kappa shape index (κ1) is 16.7. The second-order valence-electron chi connectivity index (χ2n) is 5.39. The summed E-state index contributed by atoms with van der Waals surface area (Å²) in [6, 6.07) is 15.2. The monoisotopic (exact) mass is 311 g/mol. The van der Waals surface area contributed by atoms with E-state index >= 15 is 0 Å². The Hall–Kier alpha value is -2.62. The number of aryl methyl sites for hydroxylation is 2. The standard InChI is InChI=1S/C19H21NO3/c1-3-16-9-4-5-10-17(16)20-18(21)13-23-19(22)12-15-8-6-7-14(2)11-15/h4-11H,3,12-13H2,1-2H3,(H,20,21). The molecule has 1 amide bonds. The fourth-order valence-corrected chi connectivity index (χ4v) is 2.32. The molecule has 2 rings (SSSR count). The van der Waals surface area contributed by atoms with Crippen LogP contribution in [0.5, 0.6) is 0 Å². The van der Waals surface area contributed by atoms with Crippen molar-refractivity contribution in [1.29, 1.82) is 0 Å². The highest BCUT2D eigenvalue weighted by Gasteiger charge is 2.10. The van der Waals surface area contributed by atoms with Crippen LogP contribution in [0.15, 0.2) is 48.5 Å². The van der Waals surface area contributed by atoms with Gasteiger partial charge in [-0.15, -0.1) is 0 Å². The smallest absolute Gasteiger partial charge is 0.310 e. The summed E-state index contributed by atoms with van der Waals surface area (Å²) in [5.41, 5.74) is 3.78. The lowest BCUT2D eigenvalue weighted by Gasteiger charge is -2.10. The van der Waals surface area contributed by atoms with Gasteiger partial charge in [-0.05, 0) is 30.5 Å². The van der Waals surface area contributed by atoms with E-state index in [9.17, 15) is 9.59 Å². The highest BCUT2D eigenvalue weighted by molar-refractivity contribution is 5.93. The SMILES string of the molecule is CCc1ccccc1NC(=O)COC(=O)Cc1cccc(C)c1. The highest BCUT2D eigenvalue weighted by Crippen LogP contribution is 2.15. The van der Waals surface area contributed by atoms with Gasteiger partial charge in [0.15, 0.2) is 6.61 Å². The zero-order valence-corrected chi connectivity index (χ0v) is 13.5. The molecule has 4 nitrogen and oxygen atoms in total. The number of esters is 1. The van der Waals surface area contributed by atoms with Crippen molar-refractivity contribution in [1.82, 2.24) is 0 Å². The first-order valence-corrected chi connectivity index (χ1v) is 7.67. The highest BCUT2D eigenvalue weighted by atomic mass is 16.5. The molecule has 1 N–H and O–H groups in total. The van der Waals surface area contributed by atoms with E-state index in [1.165, 1.54) is 0 Å². The molecular formula is C19H21NO3. The number of anilines is 1. The molecule has 0 radical (unpaired) electrons. The van der Waals surface area contributed by atoms with E-state index in [4.69, 9.17) is 4.74 Å². The predicted molar refractivity (Wildman–Crippen MR) is 90.3 cm³/mol. The molecular weight excluding hydrogens is 290 g/mol. The molecule has 0 bridgehead atoms. The summed E-state index contributed by atoms with van der Waals surface area (Å²) in [6.07, 6.45) is 0.990. The van der Waals surface area contributed by atoms with Crippen LogP contribution in [-0.4, -0.2) is 18.5 Å². The fraction of sp³-hybridized carbons (Fsp3) is 0.263. The third kappa shape index (κ3) is 5.25. The molecule has 0 atom stereocenters. The van der Waals surface area contributed by atoms with E-state index in [1.807, 2.05) is 62.4 Å². The van der Waals surface area contributed by atoms with E-state index in [0.29, 0.717) is 0 Å². The topological polar surface area (TPSA) is 55.4 Å². The van der Waals surface area contributed by atoms with Gasteiger partial charge in [0.05, 0.1) is 6.42 Å². The summed E-state index contributed by atoms with van der Waals surface area (Å²) >= 11 is 0. The number of nitrogens with one attached hydrogen (secondary N) is 1. The van der Waals surface area contributed by atoms with Gasteiger partial charge in [0.25, 0.3) is 5.91 Å². The van der Waals surface area contributed by atoms with Crippen LogP contribution < -0.4 is 5.32 Å². The summed E-state index contributed by atoms with van der Waals surface area (Å²) in [5, 5.41) is 2.77. The van der Waals surface area contributed by atoms with Gasteiger partial charge in [0.1, 0.15) is 0 Å². The van der Waals surface area contributed by atoms with Crippen molar-refractivity contribution in [2.45, 2.75) is 26.7 Å². The van der Waals surface area contributed by atoms with Crippen molar-refractivity contribution >= 4 is 17.6 Å². The number of benzene rings is 2. The van der Waals surface area contributed by atoms with Crippen molar-refractivity contribution in [3.8, 4) is 0 Å². The Balaban J connectivity index is 1.83. The molecule has 0 aliphatic heterocycles. The van der Waals surface area contributed by atoms with Gasteiger partial charge < -0.3 is 10.1 Å². The molecule has 0 aliphatic carbocycles. The van der Waals surface area contributed by atoms with Gasteiger partial charge >= 0.3 is 5.97 Å². The summed E-state index contributed by atoms with van der Waals surface area (Å²) in [4.78, 5) is 23.7. The number of carbonyl (C=O) groups excluding carboxylic acids is 2. The lowest BCUT2D eigenvalue weighted by atomic mass is 10.1. The van der Waals surface area contributed by atoms with Crippen molar-refractivity contribution in [3.63, 3.8) is 0 Å². The molecule has 120 valence electrons. The molecule has 0 saturated carbocycles. The molecule has 2 aromatic rings. The van der Waals surface area contributed by atoms with Gasteiger partial charge in [0.2, 0.25) is 0 Å². The van der Waals surface area contributed by atoms with E-state index < -0.39 is 5.97 Å². The third-order valence-corrected chi connectivity index (χ3v) is 3.47. The van der Waals surface area contributed by atoms with Crippen LogP contribution in [-0.2, 0) is 27.2 Å². The molecule has 0 aromatic heterocycles. The number of rotatable bonds is 6. The van der Waals surface area contributed by atoms with E-state index in [-0.39, 0.29) is 18.9 Å². The Labute approximate surface area is 136 Å². The van der Waals surface area contributed by atoms with Crippen molar-refractivity contribution in [2.24, 2.45) is 0 Å². The van der Waals surface area contributed by atoms with Gasteiger partial charge in [-0.2, -0.15) is 0 Å². The van der Waals surface area contributed by atoms with Crippen LogP contribution >= 0.6 is 0 Å². The minimum atomic E-state index is -0.408. The maximum atomic E-state index is 11.9. The quantitative estimate of drug-likeness (QED) is 0.833. The zero-order valence-electron chi connectivity index (χ0n) is 13.5. The van der Waals surface area contributed by atoms with E-state index in [1.54, 1.807) is 0 Å². The number of para-hydroxylation sites is 1. The molecule has 0 unspecified atom stereocenters. The number of hydrogen-bond acceptors (Lipinski definition) is 3. The van der Waals surface area contributed by atoms with Crippen molar-refractivity contribution in [3.05, 3.63) is 65.2 Å². The summed E-state index contributed by atoms with van der Waals surface area (Å²) in [6.45, 7) is 3.71. The zero-order chi connectivity index (χ0) is 16.7. The minimum Gasteiger partial charge on any atom is -0.455 e. The van der Waals surface area contributed by atoms with E-state index in [2.05, 4.69) is 5.32 Å². The molecule has 0 aliphatic rings. The minimum absolute atomic E-state index is 0.167. The largest absolute Gasteiger partial charge is 0.455 e. The summed E-state index contributed by atoms with van der Waals surface area (Å²) in [7, 11) is 0. The van der Waals surface area contributed by atoms with Crippen LogP contribution in [0.25, 0.3) is 0 Å². The van der Waals surface area contributed by atoms with Gasteiger partial charge in [-0.25, -0.2) is 0 Å². The number of carbonyl (C=O) groups is 2. The van der Waals surface area contributed by atoms with Gasteiger partial charge in [-0.1, -0.05) is 55.0 Å². The van der Waals surface area contributed by atoms with Gasteiger partial charge in [0, 0.05) is 5.69 Å². The number of ether oxygens (including phenoxy) is 1. The molecule has 0 heterocycles. The number of amides is 1. The lowest BCUT2D eigenvalue weighted by molar-refractivity contribution is -0.146. The van der Waals surface area contributed by atoms with Crippen LogP contribution in [0.1, 0.15) is 23.6 Å². The van der Waals surface area contributed by atoms with Crippen LogP contribution in [0.2, 0.25) is 0 Å². The van der Waals surface area contributed by atoms with Gasteiger partial charge in [-0.3, -0.25) is 9.59 Å². The van der Waals surface area contributed by atoms with Crippen molar-refractivity contribution in [2.75, 3.05) is 11.9 Å².